The molecule has 0 radical (unpaired) electrons. The summed E-state index contributed by atoms with van der Waals surface area (Å²) >= 11 is 0. The van der Waals surface area contributed by atoms with E-state index < -0.39 is 29.6 Å². The molecule has 2 heterocycles. The summed E-state index contributed by atoms with van der Waals surface area (Å²) in [4.78, 5) is 29.5. The van der Waals surface area contributed by atoms with Crippen LogP contribution in [0.1, 0.15) is 41.5 Å². The highest BCUT2D eigenvalue weighted by Gasteiger charge is 2.41. The normalized spacial score (nSPS) is 25.1. The first-order chi connectivity index (χ1) is 17.3. The Kier molecular flexibility index (Phi) is 7.08. The second-order valence-electron chi connectivity index (χ2n) is 10.4. The highest BCUT2D eigenvalue weighted by atomic mass is 19.1. The third-order valence-electron chi connectivity index (χ3n) is 8.15. The van der Waals surface area contributed by atoms with E-state index in [1.54, 1.807) is 4.90 Å². The number of carbonyl (C=O) groups excluding carboxylic acids is 1. The molecule has 5 rings (SSSR count). The number of nitrogens with zero attached hydrogens (tertiary/aromatic N) is 2. The minimum atomic E-state index is -0.852. The number of fused-ring (bicyclic) bond motifs is 1. The number of rotatable bonds is 6. The first-order valence-electron chi connectivity index (χ1n) is 12.9. The van der Waals surface area contributed by atoms with Crippen LogP contribution >= 0.6 is 0 Å². The molecular formula is C28H33F2N3O3. The third-order valence-corrected chi connectivity index (χ3v) is 8.15. The van der Waals surface area contributed by atoms with Gasteiger partial charge in [-0.25, -0.2) is 8.78 Å². The molecule has 1 amide bonds. The fraction of sp³-hybridized carbons (Fsp3) is 0.500. The Balaban J connectivity index is 1.26. The van der Waals surface area contributed by atoms with E-state index in [-0.39, 0.29) is 17.9 Å². The summed E-state index contributed by atoms with van der Waals surface area (Å²) in [6, 6.07) is 9.03. The molecule has 0 aromatic heterocycles. The highest BCUT2D eigenvalue weighted by Crippen LogP contribution is 2.33. The van der Waals surface area contributed by atoms with Gasteiger partial charge >= 0.3 is 5.97 Å². The molecule has 2 fully saturated rings. The summed E-state index contributed by atoms with van der Waals surface area (Å²) < 4.78 is 27.9. The second kappa shape index (κ2) is 10.3. The van der Waals surface area contributed by atoms with Crippen molar-refractivity contribution in [1.82, 2.24) is 15.1 Å². The van der Waals surface area contributed by atoms with Crippen molar-refractivity contribution in [3.63, 3.8) is 0 Å². The van der Waals surface area contributed by atoms with Gasteiger partial charge in [0.25, 0.3) is 0 Å². The Morgan fingerprint density at radius 2 is 1.89 bits per heavy atom. The molecule has 0 bridgehead atoms. The van der Waals surface area contributed by atoms with E-state index in [2.05, 4.69) is 17.4 Å². The van der Waals surface area contributed by atoms with Crippen LogP contribution in [0.25, 0.3) is 0 Å². The molecule has 192 valence electrons. The predicted octanol–water partition coefficient (Wildman–Crippen LogP) is 2.99. The molecule has 0 spiro atoms. The molecule has 1 aliphatic carbocycles. The molecule has 1 unspecified atom stereocenters. The Morgan fingerprint density at radius 1 is 1.08 bits per heavy atom. The topological polar surface area (TPSA) is 72.9 Å². The van der Waals surface area contributed by atoms with Crippen LogP contribution in [-0.4, -0.2) is 71.6 Å². The van der Waals surface area contributed by atoms with Crippen molar-refractivity contribution in [1.29, 1.82) is 0 Å². The largest absolute Gasteiger partial charge is 0.480 e. The molecule has 2 saturated heterocycles. The lowest BCUT2D eigenvalue weighted by molar-refractivity contribution is -0.147. The zero-order valence-corrected chi connectivity index (χ0v) is 20.6. The maximum Gasteiger partial charge on any atom is 0.321 e. The monoisotopic (exact) mass is 497 g/mol. The van der Waals surface area contributed by atoms with E-state index in [0.717, 1.165) is 30.9 Å². The van der Waals surface area contributed by atoms with Crippen molar-refractivity contribution in [3.05, 3.63) is 70.3 Å². The van der Waals surface area contributed by atoms with Crippen molar-refractivity contribution in [2.75, 3.05) is 32.7 Å². The van der Waals surface area contributed by atoms with Gasteiger partial charge in [-0.05, 0) is 60.9 Å². The maximum atomic E-state index is 14.5. The van der Waals surface area contributed by atoms with Crippen LogP contribution in [0.3, 0.4) is 0 Å². The number of amides is 1. The summed E-state index contributed by atoms with van der Waals surface area (Å²) in [6.07, 6.45) is 3.73. The number of nitrogens with one attached hydrogen (secondary N) is 1. The molecule has 36 heavy (non-hydrogen) atoms. The number of hydrogen-bond acceptors (Lipinski definition) is 4. The van der Waals surface area contributed by atoms with E-state index in [4.69, 9.17) is 0 Å². The van der Waals surface area contributed by atoms with Gasteiger partial charge in [-0.2, -0.15) is 0 Å². The summed E-state index contributed by atoms with van der Waals surface area (Å²) in [5.74, 6) is -2.99. The molecule has 3 aliphatic rings. The summed E-state index contributed by atoms with van der Waals surface area (Å²) in [6.45, 7) is 4.17. The van der Waals surface area contributed by atoms with Crippen LogP contribution in [0.4, 0.5) is 8.78 Å². The molecular weight excluding hydrogens is 464 g/mol. The van der Waals surface area contributed by atoms with E-state index in [1.807, 2.05) is 17.9 Å². The molecule has 4 atom stereocenters. The third kappa shape index (κ3) is 4.89. The summed E-state index contributed by atoms with van der Waals surface area (Å²) in [7, 11) is 0. The van der Waals surface area contributed by atoms with Gasteiger partial charge in [0.15, 0.2) is 0 Å². The Labute approximate surface area is 210 Å². The van der Waals surface area contributed by atoms with Crippen LogP contribution in [0, 0.1) is 17.6 Å². The number of piperazine rings is 1. The number of hydrogen-bond donors (Lipinski definition) is 2. The van der Waals surface area contributed by atoms with Gasteiger partial charge in [0.05, 0.1) is 5.92 Å². The highest BCUT2D eigenvalue weighted by molar-refractivity contribution is 5.81. The van der Waals surface area contributed by atoms with Gasteiger partial charge < -0.3 is 15.3 Å². The minimum absolute atomic E-state index is 0.0635. The number of carbonyl (C=O) groups is 2. The van der Waals surface area contributed by atoms with Gasteiger partial charge in [-0.3, -0.25) is 14.5 Å². The van der Waals surface area contributed by atoms with Crippen LogP contribution in [0.2, 0.25) is 0 Å². The van der Waals surface area contributed by atoms with Gasteiger partial charge in [0.1, 0.15) is 17.7 Å². The Morgan fingerprint density at radius 3 is 2.64 bits per heavy atom. The average Bonchev–Trinajstić information content (AvgIpc) is 3.51. The van der Waals surface area contributed by atoms with Crippen LogP contribution in [-0.2, 0) is 28.9 Å². The van der Waals surface area contributed by atoms with E-state index in [9.17, 15) is 23.5 Å². The molecule has 2 aromatic carbocycles. The number of aliphatic carboxylic acids is 1. The van der Waals surface area contributed by atoms with Crippen molar-refractivity contribution in [3.8, 4) is 0 Å². The fourth-order valence-corrected chi connectivity index (χ4v) is 6.22. The quantitative estimate of drug-likeness (QED) is 0.642. The standard InChI is InChI=1S/C28H33F2N3O3/c1-17-16-32(26(28(35)36)12-18-5-6-19-3-2-4-20(19)11-18)9-10-33(17)27(34)24-15-31-14-23(24)22-8-7-21(29)13-25(22)30/h5-8,11,13,17,23-24,26,31H,2-4,9-10,12,14-16H2,1H3,(H,35,36)/t17-,23-,24+,26?/m0/s1. The maximum absolute atomic E-state index is 14.5. The SMILES string of the molecule is C[C@H]1CN(C(Cc2ccc3c(c2)CCC3)C(=O)O)CCN1C(=O)[C@@H]1CNC[C@H]1c1ccc(F)cc1F. The van der Waals surface area contributed by atoms with Crippen molar-refractivity contribution >= 4 is 11.9 Å². The molecule has 2 aliphatic heterocycles. The Bertz CT molecular complexity index is 1160. The lowest BCUT2D eigenvalue weighted by atomic mass is 9.87. The number of carboxylic acid groups (broad SMARTS) is 1. The van der Waals surface area contributed by atoms with Crippen LogP contribution in [0.15, 0.2) is 36.4 Å². The molecule has 2 aromatic rings. The van der Waals surface area contributed by atoms with E-state index in [1.165, 1.54) is 23.3 Å². The van der Waals surface area contributed by atoms with Gasteiger partial charge in [0, 0.05) is 50.7 Å². The lowest BCUT2D eigenvalue weighted by Crippen LogP contribution is -2.59. The molecule has 2 N–H and O–H groups in total. The van der Waals surface area contributed by atoms with Crippen LogP contribution in [0.5, 0.6) is 0 Å². The molecule has 0 saturated carbocycles. The predicted molar refractivity (Wildman–Crippen MR) is 132 cm³/mol. The van der Waals surface area contributed by atoms with E-state index in [0.29, 0.717) is 44.7 Å². The molecule has 8 heteroatoms. The first kappa shape index (κ1) is 24.8. The van der Waals surface area contributed by atoms with Gasteiger partial charge in [0.2, 0.25) is 5.91 Å². The second-order valence-corrected chi connectivity index (χ2v) is 10.4. The van der Waals surface area contributed by atoms with Crippen molar-refractivity contribution in [2.45, 2.75) is 50.6 Å². The number of aryl methyl sites for hydroxylation is 2. The Hall–Kier alpha value is -2.84. The molecule has 6 nitrogen and oxygen atoms in total. The summed E-state index contributed by atoms with van der Waals surface area (Å²) in [5.41, 5.74) is 4.09. The zero-order valence-electron chi connectivity index (χ0n) is 20.6. The van der Waals surface area contributed by atoms with Gasteiger partial charge in [-0.15, -0.1) is 0 Å². The van der Waals surface area contributed by atoms with Crippen molar-refractivity contribution in [2.24, 2.45) is 5.92 Å². The number of benzene rings is 2. The zero-order chi connectivity index (χ0) is 25.4. The smallest absolute Gasteiger partial charge is 0.321 e. The summed E-state index contributed by atoms with van der Waals surface area (Å²) in [5, 5.41) is 13.2. The minimum Gasteiger partial charge on any atom is -0.480 e. The van der Waals surface area contributed by atoms with E-state index >= 15 is 0 Å². The first-order valence-corrected chi connectivity index (χ1v) is 12.9. The number of carboxylic acids is 1. The fourth-order valence-electron chi connectivity index (χ4n) is 6.22. The average molecular weight is 498 g/mol. The van der Waals surface area contributed by atoms with Gasteiger partial charge in [-0.1, -0.05) is 24.3 Å². The number of halogens is 2. The lowest BCUT2D eigenvalue weighted by Gasteiger charge is -2.43. The van der Waals surface area contributed by atoms with Crippen LogP contribution < -0.4 is 5.32 Å². The van der Waals surface area contributed by atoms with Crippen molar-refractivity contribution < 1.29 is 23.5 Å².